The largest absolute Gasteiger partial charge is 0.494 e. The molecule has 0 aliphatic carbocycles. The number of hydrogen-bond acceptors (Lipinski definition) is 9. The van der Waals surface area contributed by atoms with E-state index in [9.17, 15) is 4.79 Å². The van der Waals surface area contributed by atoms with Crippen LogP contribution in [0, 0.1) is 0 Å². The third-order valence-corrected chi connectivity index (χ3v) is 9.90. The van der Waals surface area contributed by atoms with Gasteiger partial charge in [0.15, 0.2) is 0 Å². The van der Waals surface area contributed by atoms with Crippen molar-refractivity contribution >= 4 is 40.6 Å². The normalized spacial score (nSPS) is 11.5. The van der Waals surface area contributed by atoms with Crippen molar-refractivity contribution in [1.29, 1.82) is 0 Å². The van der Waals surface area contributed by atoms with Gasteiger partial charge in [0.05, 0.1) is 47.2 Å². The predicted molar refractivity (Wildman–Crippen MR) is 244 cm³/mol. The van der Waals surface area contributed by atoms with Crippen LogP contribution < -0.4 is 14.2 Å². The van der Waals surface area contributed by atoms with Crippen LogP contribution in [0.3, 0.4) is 0 Å². The lowest BCUT2D eigenvalue weighted by atomic mass is 10.1. The molecule has 60 heavy (non-hydrogen) atoms. The van der Waals surface area contributed by atoms with Crippen molar-refractivity contribution in [3.8, 4) is 17.2 Å². The van der Waals surface area contributed by atoms with Gasteiger partial charge in [-0.25, -0.2) is 4.79 Å². The molecule has 0 N–H and O–H groups in total. The fourth-order valence-electron chi connectivity index (χ4n) is 6.37. The van der Waals surface area contributed by atoms with Crippen molar-refractivity contribution in [2.24, 2.45) is 25.4 Å². The second-order valence-corrected chi connectivity index (χ2v) is 15.0. The van der Waals surface area contributed by atoms with Crippen molar-refractivity contribution in [3.63, 3.8) is 0 Å². The number of carbonyl (C=O) groups excluding carboxylic acids is 1. The number of ether oxygens (including phenoxy) is 3. The van der Waals surface area contributed by atoms with Crippen LogP contribution in [0.15, 0.2) is 147 Å². The van der Waals surface area contributed by atoms with Gasteiger partial charge >= 0.3 is 5.97 Å². The summed E-state index contributed by atoms with van der Waals surface area (Å²) in [5.41, 5.74) is 4.77. The highest BCUT2D eigenvalue weighted by molar-refractivity contribution is 5.91. The third kappa shape index (κ3) is 17.5. The molecule has 0 unspecified atom stereocenters. The number of azo groups is 2. The quantitative estimate of drug-likeness (QED) is 0.0173. The monoisotopic (exact) mass is 807 g/mol. The van der Waals surface area contributed by atoms with E-state index in [1.807, 2.05) is 84.9 Å². The number of hydrogen-bond donors (Lipinski definition) is 0. The minimum atomic E-state index is -0.470. The molecule has 0 spiro atoms. The molecule has 0 aliphatic rings. The van der Waals surface area contributed by atoms with E-state index in [0.717, 1.165) is 60.2 Å². The van der Waals surface area contributed by atoms with Gasteiger partial charge in [0, 0.05) is 6.21 Å². The van der Waals surface area contributed by atoms with Crippen molar-refractivity contribution in [2.75, 3.05) is 13.2 Å². The van der Waals surface area contributed by atoms with Crippen LogP contribution >= 0.6 is 0 Å². The maximum absolute atomic E-state index is 12.9. The number of carbonyl (C=O) groups is 1. The summed E-state index contributed by atoms with van der Waals surface area (Å²) < 4.78 is 17.4. The van der Waals surface area contributed by atoms with Gasteiger partial charge in [-0.15, -0.1) is 0 Å². The molecule has 0 atom stereocenters. The number of nitrogens with zero attached hydrogens (tertiary/aromatic N) is 5. The zero-order chi connectivity index (χ0) is 41.9. The Balaban J connectivity index is 1.00. The van der Waals surface area contributed by atoms with Gasteiger partial charge < -0.3 is 14.2 Å². The highest BCUT2D eigenvalue weighted by atomic mass is 16.5. The van der Waals surface area contributed by atoms with Crippen molar-refractivity contribution in [3.05, 3.63) is 132 Å². The maximum Gasteiger partial charge on any atom is 0.343 e. The van der Waals surface area contributed by atoms with E-state index >= 15 is 0 Å². The molecule has 0 amide bonds. The fourth-order valence-corrected chi connectivity index (χ4v) is 6.37. The van der Waals surface area contributed by atoms with Crippen molar-refractivity contribution in [2.45, 2.75) is 110 Å². The van der Waals surface area contributed by atoms with E-state index in [-0.39, 0.29) is 0 Å². The first-order valence-corrected chi connectivity index (χ1v) is 21.9. The van der Waals surface area contributed by atoms with Crippen LogP contribution in [0.2, 0.25) is 0 Å². The lowest BCUT2D eigenvalue weighted by Crippen LogP contribution is -2.08. The van der Waals surface area contributed by atoms with Crippen LogP contribution in [0.25, 0.3) is 0 Å². The summed E-state index contributed by atoms with van der Waals surface area (Å²) in [5.74, 6) is 1.63. The van der Waals surface area contributed by atoms with E-state index in [1.165, 1.54) is 83.5 Å². The van der Waals surface area contributed by atoms with E-state index in [1.54, 1.807) is 42.6 Å². The number of esters is 1. The van der Waals surface area contributed by atoms with Gasteiger partial charge in [-0.2, -0.15) is 20.5 Å². The second-order valence-electron chi connectivity index (χ2n) is 15.0. The Hall–Kier alpha value is -5.96. The smallest absolute Gasteiger partial charge is 0.343 e. The Morgan fingerprint density at radius 1 is 0.450 bits per heavy atom. The minimum Gasteiger partial charge on any atom is -0.494 e. The van der Waals surface area contributed by atoms with Gasteiger partial charge in [0.25, 0.3) is 0 Å². The van der Waals surface area contributed by atoms with E-state index in [4.69, 9.17) is 14.2 Å². The molecule has 0 aliphatic heterocycles. The Morgan fingerprint density at radius 3 is 1.32 bits per heavy atom. The van der Waals surface area contributed by atoms with Crippen LogP contribution in [0.5, 0.6) is 17.2 Å². The van der Waals surface area contributed by atoms with Gasteiger partial charge in [0.2, 0.25) is 0 Å². The fraction of sp³-hybridized carbons (Fsp3) is 0.373. The number of aliphatic imine (C=N–C) groups is 1. The summed E-state index contributed by atoms with van der Waals surface area (Å²) in [6, 6.07) is 36.8. The molecule has 0 radical (unpaired) electrons. The van der Waals surface area contributed by atoms with Gasteiger partial charge in [0.1, 0.15) is 17.2 Å². The molecular formula is C51H61N5O4. The van der Waals surface area contributed by atoms with E-state index in [0.29, 0.717) is 22.7 Å². The Bertz CT molecular complexity index is 2040. The predicted octanol–water partition coefficient (Wildman–Crippen LogP) is 16.1. The summed E-state index contributed by atoms with van der Waals surface area (Å²) in [6.45, 7) is 5.94. The zero-order valence-electron chi connectivity index (χ0n) is 35.5. The molecule has 0 saturated carbocycles. The molecule has 5 aromatic carbocycles. The SMILES string of the molecule is CCCCCCCCCCCCOc1ccc(N=Nc2ccc(N=Cc3cccc(OC(=O)c4ccc(N=Nc5ccc(OCCCCCCC)cc5)cc4)c3)cc2)cc1. The van der Waals surface area contributed by atoms with Gasteiger partial charge in [-0.3, -0.25) is 4.99 Å². The van der Waals surface area contributed by atoms with Crippen LogP contribution in [-0.4, -0.2) is 25.4 Å². The molecule has 0 heterocycles. The highest BCUT2D eigenvalue weighted by Crippen LogP contribution is 2.25. The molecule has 314 valence electrons. The molecular weight excluding hydrogens is 747 g/mol. The Morgan fingerprint density at radius 2 is 0.850 bits per heavy atom. The first kappa shape index (κ1) is 45.1. The van der Waals surface area contributed by atoms with Crippen LogP contribution in [-0.2, 0) is 0 Å². The van der Waals surface area contributed by atoms with Crippen molar-refractivity contribution in [1.82, 2.24) is 0 Å². The Labute approximate surface area is 357 Å². The van der Waals surface area contributed by atoms with Crippen molar-refractivity contribution < 1.29 is 19.0 Å². The summed E-state index contributed by atoms with van der Waals surface area (Å²) in [4.78, 5) is 17.5. The summed E-state index contributed by atoms with van der Waals surface area (Å²) in [6.07, 6.45) is 20.9. The third-order valence-electron chi connectivity index (χ3n) is 9.90. The topological polar surface area (TPSA) is 107 Å². The molecule has 5 aromatic rings. The number of benzene rings is 5. The van der Waals surface area contributed by atoms with E-state index in [2.05, 4.69) is 39.3 Å². The summed E-state index contributed by atoms with van der Waals surface area (Å²) in [5, 5.41) is 17.4. The number of unbranched alkanes of at least 4 members (excludes halogenated alkanes) is 13. The van der Waals surface area contributed by atoms with Gasteiger partial charge in [-0.05, 0) is 128 Å². The average Bonchev–Trinajstić information content (AvgIpc) is 3.28. The lowest BCUT2D eigenvalue weighted by molar-refractivity contribution is 0.0734. The molecule has 9 heteroatoms. The molecule has 0 fully saturated rings. The summed E-state index contributed by atoms with van der Waals surface area (Å²) in [7, 11) is 0. The molecule has 0 saturated heterocycles. The first-order valence-electron chi connectivity index (χ1n) is 21.9. The van der Waals surface area contributed by atoms with Crippen LogP contribution in [0.1, 0.15) is 126 Å². The Kier molecular flexibility index (Phi) is 20.3. The summed E-state index contributed by atoms with van der Waals surface area (Å²) >= 11 is 0. The standard InChI is InChI=1S/C51H61N5O4/c1-3-5-7-9-10-11-12-13-15-17-38-59-49-35-31-47(32-36-49)56-54-45-27-25-43(26-28-45)52-40-41-19-18-20-50(39-41)60-51(57)42-21-23-44(24-22-42)53-55-46-29-33-48(34-30-46)58-37-16-14-8-6-4-2/h18-36,39-40H,3-17,37-38H2,1-2H3. The minimum absolute atomic E-state index is 0.405. The van der Waals surface area contributed by atoms with E-state index < -0.39 is 5.97 Å². The van der Waals surface area contributed by atoms with Crippen LogP contribution in [0.4, 0.5) is 28.4 Å². The molecule has 0 bridgehead atoms. The number of rotatable bonds is 27. The average molecular weight is 808 g/mol. The maximum atomic E-state index is 12.9. The molecule has 9 nitrogen and oxygen atoms in total. The first-order chi connectivity index (χ1) is 29.6. The molecule has 5 rings (SSSR count). The second kappa shape index (κ2) is 26.9. The van der Waals surface area contributed by atoms with Gasteiger partial charge in [-0.1, -0.05) is 109 Å². The lowest BCUT2D eigenvalue weighted by Gasteiger charge is -2.06. The molecule has 0 aromatic heterocycles. The zero-order valence-corrected chi connectivity index (χ0v) is 35.5. The highest BCUT2D eigenvalue weighted by Gasteiger charge is 2.09.